The second-order valence-corrected chi connectivity index (χ2v) is 4.87. The molecule has 1 aliphatic rings. The van der Waals surface area contributed by atoms with Gasteiger partial charge in [0.15, 0.2) is 0 Å². The molecule has 0 amide bonds. The van der Waals surface area contributed by atoms with E-state index in [4.69, 9.17) is 9.84 Å². The molecule has 6 heteroatoms. The normalized spacial score (nSPS) is 34.5. The van der Waals surface area contributed by atoms with Gasteiger partial charge in [-0.15, -0.1) is 0 Å². The number of aromatic hydroxyl groups is 1. The predicted octanol–water partition coefficient (Wildman–Crippen LogP) is -0.319. The third-order valence-corrected chi connectivity index (χ3v) is 3.45. The van der Waals surface area contributed by atoms with Crippen molar-refractivity contribution < 1.29 is 25.2 Å². The standard InChI is InChI=1S/C14H19NO5/c1-8-12(14(19)13(18)11(7-16)20-8)15-6-9-4-2-3-5-10(9)17/h2-6,8,11-14,16-19H,7H2,1H3. The first-order valence-corrected chi connectivity index (χ1v) is 6.48. The molecular weight excluding hydrogens is 262 g/mol. The van der Waals surface area contributed by atoms with Crippen molar-refractivity contribution in [1.29, 1.82) is 0 Å². The third-order valence-electron chi connectivity index (χ3n) is 3.45. The largest absolute Gasteiger partial charge is 0.507 e. The molecule has 110 valence electrons. The molecule has 2 rings (SSSR count). The molecule has 20 heavy (non-hydrogen) atoms. The Balaban J connectivity index is 2.14. The number of nitrogens with zero attached hydrogens (tertiary/aromatic N) is 1. The summed E-state index contributed by atoms with van der Waals surface area (Å²) < 4.78 is 5.41. The van der Waals surface area contributed by atoms with Crippen LogP contribution in [0.2, 0.25) is 0 Å². The minimum Gasteiger partial charge on any atom is -0.507 e. The van der Waals surface area contributed by atoms with E-state index in [-0.39, 0.29) is 12.4 Å². The number of para-hydroxylation sites is 1. The molecule has 0 aliphatic carbocycles. The quantitative estimate of drug-likeness (QED) is 0.569. The van der Waals surface area contributed by atoms with Crippen LogP contribution in [0.3, 0.4) is 0 Å². The van der Waals surface area contributed by atoms with Gasteiger partial charge in [-0.05, 0) is 19.1 Å². The minimum absolute atomic E-state index is 0.0869. The maximum atomic E-state index is 10.0. The van der Waals surface area contributed by atoms with Crippen LogP contribution in [0, 0.1) is 0 Å². The zero-order chi connectivity index (χ0) is 14.7. The van der Waals surface area contributed by atoms with E-state index < -0.39 is 30.5 Å². The highest BCUT2D eigenvalue weighted by atomic mass is 16.5. The topological polar surface area (TPSA) is 103 Å². The molecule has 1 aromatic rings. The first-order chi connectivity index (χ1) is 9.54. The average Bonchev–Trinajstić information content (AvgIpc) is 2.44. The van der Waals surface area contributed by atoms with Gasteiger partial charge in [-0.3, -0.25) is 4.99 Å². The van der Waals surface area contributed by atoms with E-state index in [0.29, 0.717) is 5.56 Å². The lowest BCUT2D eigenvalue weighted by Gasteiger charge is -2.39. The molecule has 5 unspecified atom stereocenters. The second kappa shape index (κ2) is 6.32. The molecule has 1 fully saturated rings. The SMILES string of the molecule is CC1OC(CO)C(O)C(O)C1N=Cc1ccccc1O. The summed E-state index contributed by atoms with van der Waals surface area (Å²) in [6.45, 7) is 1.35. The van der Waals surface area contributed by atoms with Crippen molar-refractivity contribution in [2.75, 3.05) is 6.61 Å². The van der Waals surface area contributed by atoms with E-state index in [9.17, 15) is 15.3 Å². The fourth-order valence-corrected chi connectivity index (χ4v) is 2.26. The zero-order valence-electron chi connectivity index (χ0n) is 11.1. The lowest BCUT2D eigenvalue weighted by molar-refractivity contribution is -0.183. The van der Waals surface area contributed by atoms with E-state index in [0.717, 1.165) is 0 Å². The average molecular weight is 281 g/mol. The molecule has 0 aromatic heterocycles. The molecule has 0 bridgehead atoms. The lowest BCUT2D eigenvalue weighted by Crippen LogP contribution is -2.57. The van der Waals surface area contributed by atoms with Gasteiger partial charge < -0.3 is 25.2 Å². The van der Waals surface area contributed by atoms with Crippen molar-refractivity contribution in [1.82, 2.24) is 0 Å². The van der Waals surface area contributed by atoms with Crippen molar-refractivity contribution in [3.8, 4) is 5.75 Å². The Hall–Kier alpha value is -1.47. The van der Waals surface area contributed by atoms with E-state index in [1.807, 2.05) is 0 Å². The summed E-state index contributed by atoms with van der Waals surface area (Å²) >= 11 is 0. The van der Waals surface area contributed by atoms with E-state index in [1.165, 1.54) is 12.3 Å². The van der Waals surface area contributed by atoms with Gasteiger partial charge in [0.25, 0.3) is 0 Å². The second-order valence-electron chi connectivity index (χ2n) is 4.87. The number of aliphatic hydroxyl groups is 3. The predicted molar refractivity (Wildman–Crippen MR) is 72.9 cm³/mol. The number of rotatable bonds is 3. The Kier molecular flexibility index (Phi) is 4.72. The van der Waals surface area contributed by atoms with Crippen molar-refractivity contribution in [2.24, 2.45) is 4.99 Å². The third kappa shape index (κ3) is 2.99. The number of phenols is 1. The molecular formula is C14H19NO5. The Morgan fingerprint density at radius 3 is 2.60 bits per heavy atom. The number of benzene rings is 1. The molecule has 0 radical (unpaired) electrons. The number of hydrogen-bond donors (Lipinski definition) is 4. The molecule has 1 aliphatic heterocycles. The highest BCUT2D eigenvalue weighted by molar-refractivity contribution is 5.83. The Bertz CT molecular complexity index is 478. The van der Waals surface area contributed by atoms with Gasteiger partial charge in [-0.1, -0.05) is 12.1 Å². The Morgan fingerprint density at radius 1 is 1.25 bits per heavy atom. The van der Waals surface area contributed by atoms with Crippen LogP contribution in [0.15, 0.2) is 29.3 Å². The molecule has 4 N–H and O–H groups in total. The monoisotopic (exact) mass is 281 g/mol. The Labute approximate surface area is 117 Å². The van der Waals surface area contributed by atoms with E-state index in [1.54, 1.807) is 25.1 Å². The summed E-state index contributed by atoms with van der Waals surface area (Å²) in [5, 5.41) is 38.6. The van der Waals surface area contributed by atoms with Crippen molar-refractivity contribution >= 4 is 6.21 Å². The fourth-order valence-electron chi connectivity index (χ4n) is 2.26. The van der Waals surface area contributed by atoms with Gasteiger partial charge in [0.05, 0.1) is 12.7 Å². The van der Waals surface area contributed by atoms with Crippen LogP contribution in [-0.2, 0) is 4.74 Å². The fraction of sp³-hybridized carbons (Fsp3) is 0.500. The van der Waals surface area contributed by atoms with Gasteiger partial charge >= 0.3 is 0 Å². The summed E-state index contributed by atoms with van der Waals surface area (Å²) in [5.41, 5.74) is 0.519. The van der Waals surface area contributed by atoms with Crippen LogP contribution in [0.1, 0.15) is 12.5 Å². The molecule has 5 atom stereocenters. The van der Waals surface area contributed by atoms with Crippen molar-refractivity contribution in [3.05, 3.63) is 29.8 Å². The highest BCUT2D eigenvalue weighted by Crippen LogP contribution is 2.23. The number of ether oxygens (including phenoxy) is 1. The summed E-state index contributed by atoms with van der Waals surface area (Å²) in [6.07, 6.45) is -2.14. The summed E-state index contributed by atoms with van der Waals surface area (Å²) in [4.78, 5) is 4.19. The van der Waals surface area contributed by atoms with E-state index >= 15 is 0 Å². The number of aliphatic hydroxyl groups excluding tert-OH is 3. The van der Waals surface area contributed by atoms with Crippen LogP contribution in [0.4, 0.5) is 0 Å². The molecule has 1 aromatic carbocycles. The molecule has 1 heterocycles. The van der Waals surface area contributed by atoms with Gasteiger partial charge in [-0.2, -0.15) is 0 Å². The van der Waals surface area contributed by atoms with Crippen LogP contribution in [0.25, 0.3) is 0 Å². The summed E-state index contributed by atoms with van der Waals surface area (Å²) in [6, 6.07) is 6.02. The van der Waals surface area contributed by atoms with Crippen LogP contribution in [-0.4, -0.2) is 63.7 Å². The lowest BCUT2D eigenvalue weighted by atomic mass is 9.94. The number of aliphatic imine (C=N–C) groups is 1. The zero-order valence-corrected chi connectivity index (χ0v) is 11.1. The van der Waals surface area contributed by atoms with Crippen molar-refractivity contribution in [2.45, 2.75) is 37.4 Å². The van der Waals surface area contributed by atoms with Crippen LogP contribution < -0.4 is 0 Å². The first-order valence-electron chi connectivity index (χ1n) is 6.48. The summed E-state index contributed by atoms with van der Waals surface area (Å²) in [7, 11) is 0. The minimum atomic E-state index is -1.19. The van der Waals surface area contributed by atoms with Gasteiger partial charge in [0, 0.05) is 11.8 Å². The molecule has 0 saturated carbocycles. The summed E-state index contributed by atoms with van der Waals surface area (Å²) in [5.74, 6) is 0.0869. The van der Waals surface area contributed by atoms with Crippen LogP contribution >= 0.6 is 0 Å². The van der Waals surface area contributed by atoms with Crippen LogP contribution in [0.5, 0.6) is 5.75 Å². The van der Waals surface area contributed by atoms with Crippen molar-refractivity contribution in [3.63, 3.8) is 0 Å². The number of hydrogen-bond acceptors (Lipinski definition) is 6. The first kappa shape index (κ1) is 14.9. The highest BCUT2D eigenvalue weighted by Gasteiger charge is 2.41. The molecule has 6 nitrogen and oxygen atoms in total. The molecule has 0 spiro atoms. The maximum Gasteiger partial charge on any atom is 0.124 e. The maximum absolute atomic E-state index is 10.0. The van der Waals surface area contributed by atoms with Gasteiger partial charge in [0.2, 0.25) is 0 Å². The van der Waals surface area contributed by atoms with Gasteiger partial charge in [-0.25, -0.2) is 0 Å². The molecule has 1 saturated heterocycles. The van der Waals surface area contributed by atoms with E-state index in [2.05, 4.69) is 4.99 Å². The van der Waals surface area contributed by atoms with Gasteiger partial charge in [0.1, 0.15) is 30.1 Å². The Morgan fingerprint density at radius 2 is 1.95 bits per heavy atom. The smallest absolute Gasteiger partial charge is 0.124 e. The number of phenolic OH excluding ortho intramolecular Hbond substituents is 1.